The van der Waals surface area contributed by atoms with Crippen molar-refractivity contribution >= 4 is 16.8 Å². The van der Waals surface area contributed by atoms with E-state index in [9.17, 15) is 4.79 Å². The predicted octanol–water partition coefficient (Wildman–Crippen LogP) is 3.14. The Morgan fingerprint density at radius 2 is 1.89 bits per heavy atom. The van der Waals surface area contributed by atoms with Gasteiger partial charge in [0.2, 0.25) is 0 Å². The van der Waals surface area contributed by atoms with Crippen LogP contribution in [-0.2, 0) is 4.79 Å². The number of rotatable bonds is 6. The Morgan fingerprint density at radius 1 is 1.28 bits per heavy atom. The molecule has 4 nitrogen and oxygen atoms in total. The molecule has 2 aromatic rings. The molecule has 4 heteroatoms. The van der Waals surface area contributed by atoms with Gasteiger partial charge in [0.25, 0.3) is 0 Å². The van der Waals surface area contributed by atoms with Gasteiger partial charge in [-0.25, -0.2) is 0 Å². The molecule has 0 aliphatic heterocycles. The molecular weight excluding hydrogens is 226 g/mol. The van der Waals surface area contributed by atoms with Gasteiger partial charge in [0.15, 0.2) is 0 Å². The summed E-state index contributed by atoms with van der Waals surface area (Å²) in [6.07, 6.45) is 3.68. The smallest absolute Gasteiger partial charge is 0.132 e. The summed E-state index contributed by atoms with van der Waals surface area (Å²) in [4.78, 5) is 13.1. The molecule has 0 N–H and O–H groups in total. The number of carbonyl (C=O) groups excluding carboxylic acids is 1. The highest BCUT2D eigenvalue weighted by atomic mass is 16.1. The van der Waals surface area contributed by atoms with E-state index in [-0.39, 0.29) is 11.8 Å². The van der Waals surface area contributed by atoms with Crippen molar-refractivity contribution in [2.45, 2.75) is 45.6 Å². The predicted molar refractivity (Wildman–Crippen MR) is 71.4 cm³/mol. The van der Waals surface area contributed by atoms with Crippen LogP contribution in [0, 0.1) is 0 Å². The molecule has 0 fully saturated rings. The Hall–Kier alpha value is -1.71. The highest BCUT2D eigenvalue weighted by molar-refractivity contribution is 5.76. The third-order valence-corrected chi connectivity index (χ3v) is 3.04. The van der Waals surface area contributed by atoms with Gasteiger partial charge in [0.1, 0.15) is 16.8 Å². The summed E-state index contributed by atoms with van der Waals surface area (Å²) in [5.74, 6) is 0.192. The van der Waals surface area contributed by atoms with Crippen molar-refractivity contribution in [3.63, 3.8) is 0 Å². The van der Waals surface area contributed by atoms with Crippen LogP contribution in [0.3, 0.4) is 0 Å². The van der Waals surface area contributed by atoms with E-state index in [0.717, 1.165) is 30.3 Å². The van der Waals surface area contributed by atoms with E-state index in [1.165, 1.54) is 0 Å². The molecule has 0 unspecified atom stereocenters. The zero-order valence-electron chi connectivity index (χ0n) is 11.0. The van der Waals surface area contributed by atoms with Crippen molar-refractivity contribution in [3.05, 3.63) is 24.3 Å². The first-order valence-electron chi connectivity index (χ1n) is 6.51. The Labute approximate surface area is 107 Å². The number of fused-ring (bicyclic) bond motifs is 1. The van der Waals surface area contributed by atoms with Crippen molar-refractivity contribution in [3.8, 4) is 0 Å². The average molecular weight is 245 g/mol. The summed E-state index contributed by atoms with van der Waals surface area (Å²) in [7, 11) is 0. The molecule has 0 aliphatic carbocycles. The lowest BCUT2D eigenvalue weighted by molar-refractivity contribution is -0.117. The number of unbranched alkanes of at least 4 members (excludes halogenated alkanes) is 1. The number of Topliss-reactive ketones (excluding diaryl/α,β-unsaturated/α-hetero) is 1. The first-order chi connectivity index (χ1) is 8.70. The summed E-state index contributed by atoms with van der Waals surface area (Å²) < 4.78 is 0. The van der Waals surface area contributed by atoms with E-state index in [2.05, 4.69) is 17.1 Å². The first-order valence-corrected chi connectivity index (χ1v) is 6.51. The van der Waals surface area contributed by atoms with Crippen LogP contribution < -0.4 is 0 Å². The molecule has 0 amide bonds. The maximum Gasteiger partial charge on any atom is 0.132 e. The maximum absolute atomic E-state index is 11.3. The van der Waals surface area contributed by atoms with E-state index < -0.39 is 0 Å². The van der Waals surface area contributed by atoms with Crippen LogP contribution >= 0.6 is 0 Å². The van der Waals surface area contributed by atoms with Gasteiger partial charge in [-0.3, -0.25) is 4.79 Å². The van der Waals surface area contributed by atoms with Crippen molar-refractivity contribution in [2.24, 2.45) is 0 Å². The first kappa shape index (κ1) is 12.7. The van der Waals surface area contributed by atoms with Gasteiger partial charge < -0.3 is 0 Å². The molecule has 1 aromatic carbocycles. The van der Waals surface area contributed by atoms with Crippen LogP contribution in [0.4, 0.5) is 0 Å². The van der Waals surface area contributed by atoms with Crippen LogP contribution in [0.2, 0.25) is 0 Å². The largest absolute Gasteiger partial charge is 0.300 e. The molecule has 18 heavy (non-hydrogen) atoms. The van der Waals surface area contributed by atoms with E-state index in [4.69, 9.17) is 0 Å². The van der Waals surface area contributed by atoms with Gasteiger partial charge in [0, 0.05) is 6.42 Å². The van der Waals surface area contributed by atoms with E-state index in [1.54, 1.807) is 11.7 Å². The molecule has 0 bridgehead atoms. The second-order valence-corrected chi connectivity index (χ2v) is 4.71. The molecule has 0 spiro atoms. The molecule has 1 heterocycles. The van der Waals surface area contributed by atoms with Crippen molar-refractivity contribution < 1.29 is 4.79 Å². The fourth-order valence-corrected chi connectivity index (χ4v) is 2.11. The number of nitrogens with zero attached hydrogens (tertiary/aromatic N) is 3. The molecule has 0 saturated heterocycles. The van der Waals surface area contributed by atoms with E-state index >= 15 is 0 Å². The van der Waals surface area contributed by atoms with Crippen LogP contribution in [0.25, 0.3) is 11.0 Å². The van der Waals surface area contributed by atoms with Gasteiger partial charge in [-0.15, -0.1) is 0 Å². The quantitative estimate of drug-likeness (QED) is 0.785. The molecule has 1 aromatic heterocycles. The second-order valence-electron chi connectivity index (χ2n) is 4.71. The van der Waals surface area contributed by atoms with Gasteiger partial charge in [-0.1, -0.05) is 31.9 Å². The fourth-order valence-electron chi connectivity index (χ4n) is 2.11. The molecule has 0 radical (unpaired) electrons. The monoisotopic (exact) mass is 245 g/mol. The van der Waals surface area contributed by atoms with Crippen LogP contribution in [-0.4, -0.2) is 20.8 Å². The third-order valence-electron chi connectivity index (χ3n) is 3.04. The minimum atomic E-state index is 0.0925. The number of ketones is 1. The Kier molecular flexibility index (Phi) is 4.07. The van der Waals surface area contributed by atoms with E-state index in [0.29, 0.717) is 6.42 Å². The van der Waals surface area contributed by atoms with E-state index in [1.807, 2.05) is 24.3 Å². The zero-order chi connectivity index (χ0) is 13.0. The molecular formula is C14H19N3O. The number of benzene rings is 1. The van der Waals surface area contributed by atoms with Crippen molar-refractivity contribution in [2.75, 3.05) is 0 Å². The van der Waals surface area contributed by atoms with Crippen LogP contribution in [0.5, 0.6) is 0 Å². The van der Waals surface area contributed by atoms with Crippen LogP contribution in [0.1, 0.15) is 45.6 Å². The zero-order valence-corrected chi connectivity index (χ0v) is 11.0. The van der Waals surface area contributed by atoms with Gasteiger partial charge in [-0.05, 0) is 25.5 Å². The van der Waals surface area contributed by atoms with Gasteiger partial charge in [-0.2, -0.15) is 15.0 Å². The number of hydrogen-bond donors (Lipinski definition) is 0. The summed E-state index contributed by atoms with van der Waals surface area (Å²) in [5.41, 5.74) is 1.78. The average Bonchev–Trinajstić information content (AvgIpc) is 2.77. The number of hydrogen-bond acceptors (Lipinski definition) is 3. The molecule has 2 rings (SSSR count). The Morgan fingerprint density at radius 3 is 2.39 bits per heavy atom. The van der Waals surface area contributed by atoms with Crippen LogP contribution in [0.15, 0.2) is 24.3 Å². The maximum atomic E-state index is 11.3. The third kappa shape index (κ3) is 2.94. The standard InChI is InChI=1S/C14H19N3O/c1-3-4-7-12(10-11(2)18)17-15-13-8-5-6-9-14(13)16-17/h5-6,8-9,12H,3-4,7,10H2,1-2H3/t12-/m0/s1. The lowest BCUT2D eigenvalue weighted by atomic mass is 10.1. The summed E-state index contributed by atoms with van der Waals surface area (Å²) in [6, 6.07) is 7.89. The molecule has 96 valence electrons. The Balaban J connectivity index is 2.25. The normalized spacial score (nSPS) is 12.8. The van der Waals surface area contributed by atoms with Crippen molar-refractivity contribution in [1.29, 1.82) is 0 Å². The molecule has 0 aliphatic rings. The number of carbonyl (C=O) groups is 1. The molecule has 1 atom stereocenters. The summed E-state index contributed by atoms with van der Waals surface area (Å²) in [6.45, 7) is 3.78. The minimum Gasteiger partial charge on any atom is -0.300 e. The lowest BCUT2D eigenvalue weighted by Gasteiger charge is -2.13. The Bertz CT molecular complexity index is 500. The summed E-state index contributed by atoms with van der Waals surface area (Å²) >= 11 is 0. The minimum absolute atomic E-state index is 0.0925. The highest BCUT2D eigenvalue weighted by Crippen LogP contribution is 2.20. The lowest BCUT2D eigenvalue weighted by Crippen LogP contribution is -2.15. The topological polar surface area (TPSA) is 47.8 Å². The SMILES string of the molecule is CCCC[C@@H](CC(C)=O)n1nc2ccccc2n1. The number of aromatic nitrogens is 3. The van der Waals surface area contributed by atoms with Gasteiger partial charge >= 0.3 is 0 Å². The second kappa shape index (κ2) is 5.76. The highest BCUT2D eigenvalue weighted by Gasteiger charge is 2.16. The van der Waals surface area contributed by atoms with Gasteiger partial charge in [0.05, 0.1) is 6.04 Å². The molecule has 0 saturated carbocycles. The van der Waals surface area contributed by atoms with Crippen molar-refractivity contribution in [1.82, 2.24) is 15.0 Å². The fraction of sp³-hybridized carbons (Fsp3) is 0.500. The summed E-state index contributed by atoms with van der Waals surface area (Å²) in [5, 5.41) is 8.94.